The molecular weight excluding hydrogens is 202 g/mol. The molecule has 0 spiro atoms. The minimum absolute atomic E-state index is 0.593. The Balaban J connectivity index is 2.66. The molecule has 0 aliphatic carbocycles. The number of nitrogens with two attached hydrogens (primary N) is 2. The van der Waals surface area contributed by atoms with E-state index in [9.17, 15) is 0 Å². The number of rotatable bonds is 1. The zero-order chi connectivity index (χ0) is 11.9. The maximum Gasteiger partial charge on any atom is 0.141 e. The van der Waals surface area contributed by atoms with E-state index in [1.54, 1.807) is 0 Å². The number of nitrogens with zero attached hydrogens (tertiary/aromatic N) is 1. The van der Waals surface area contributed by atoms with Crippen LogP contribution in [0.1, 0.15) is 17.0 Å². The fraction of sp³-hybridized carbons (Fsp3) is 0.250. The monoisotopic (exact) mass is 217 g/mol. The highest BCUT2D eigenvalue weighted by molar-refractivity contribution is 5.78. The second kappa shape index (κ2) is 3.56. The van der Waals surface area contributed by atoms with Gasteiger partial charge in [-0.25, -0.2) is 0 Å². The molecule has 0 saturated heterocycles. The lowest BCUT2D eigenvalue weighted by molar-refractivity contribution is 0.393. The number of anilines is 2. The molecule has 2 aromatic rings. The Morgan fingerprint density at radius 3 is 2.31 bits per heavy atom. The normalized spacial score (nSPS) is 10.7. The molecule has 0 radical (unpaired) electrons. The Kier molecular flexibility index (Phi) is 2.34. The van der Waals surface area contributed by atoms with Gasteiger partial charge in [0.15, 0.2) is 0 Å². The largest absolute Gasteiger partial charge is 0.397 e. The van der Waals surface area contributed by atoms with Crippen molar-refractivity contribution in [2.75, 3.05) is 11.5 Å². The van der Waals surface area contributed by atoms with Crippen LogP contribution in [0.5, 0.6) is 0 Å². The molecule has 0 fully saturated rings. The molecule has 0 bridgehead atoms. The maximum absolute atomic E-state index is 5.85. The summed E-state index contributed by atoms with van der Waals surface area (Å²) in [5.41, 5.74) is 16.7. The molecule has 0 amide bonds. The van der Waals surface area contributed by atoms with Crippen LogP contribution in [0.25, 0.3) is 11.1 Å². The average molecular weight is 217 g/mol. The summed E-state index contributed by atoms with van der Waals surface area (Å²) in [6, 6.07) is 3.85. The second-order valence-corrected chi connectivity index (χ2v) is 4.00. The number of nitrogen functional groups attached to an aromatic ring is 2. The van der Waals surface area contributed by atoms with E-state index in [2.05, 4.69) is 5.16 Å². The minimum Gasteiger partial charge on any atom is -0.397 e. The van der Waals surface area contributed by atoms with Crippen LogP contribution in [0.15, 0.2) is 16.7 Å². The van der Waals surface area contributed by atoms with Gasteiger partial charge in [0, 0.05) is 5.56 Å². The van der Waals surface area contributed by atoms with E-state index in [1.807, 2.05) is 32.9 Å². The summed E-state index contributed by atoms with van der Waals surface area (Å²) in [5.74, 6) is 0.793. The van der Waals surface area contributed by atoms with Crippen LogP contribution < -0.4 is 11.5 Å². The molecular formula is C12H15N3O. The first kappa shape index (κ1) is 10.5. The van der Waals surface area contributed by atoms with Crippen molar-refractivity contribution in [2.24, 2.45) is 0 Å². The van der Waals surface area contributed by atoms with Gasteiger partial charge >= 0.3 is 0 Å². The van der Waals surface area contributed by atoms with Crippen molar-refractivity contribution in [2.45, 2.75) is 20.8 Å². The summed E-state index contributed by atoms with van der Waals surface area (Å²) >= 11 is 0. The number of aryl methyl sites for hydroxylation is 3. The summed E-state index contributed by atoms with van der Waals surface area (Å²) in [6.07, 6.45) is 0. The molecule has 0 unspecified atom stereocenters. The van der Waals surface area contributed by atoms with Gasteiger partial charge in [-0.3, -0.25) is 0 Å². The van der Waals surface area contributed by atoms with Gasteiger partial charge in [0.2, 0.25) is 0 Å². The quantitative estimate of drug-likeness (QED) is 0.719. The first-order valence-electron chi connectivity index (χ1n) is 5.09. The van der Waals surface area contributed by atoms with Gasteiger partial charge in [-0.2, -0.15) is 0 Å². The number of aromatic nitrogens is 1. The molecule has 0 saturated carbocycles. The zero-order valence-corrected chi connectivity index (χ0v) is 9.66. The molecule has 0 aliphatic rings. The Bertz CT molecular complexity index is 501. The highest BCUT2D eigenvalue weighted by atomic mass is 16.5. The molecule has 84 valence electrons. The Labute approximate surface area is 94.2 Å². The molecule has 0 atom stereocenters. The topological polar surface area (TPSA) is 78.1 Å². The molecule has 1 heterocycles. The van der Waals surface area contributed by atoms with E-state index < -0.39 is 0 Å². The van der Waals surface area contributed by atoms with E-state index in [-0.39, 0.29) is 0 Å². The molecule has 4 nitrogen and oxygen atoms in total. The summed E-state index contributed by atoms with van der Waals surface area (Å²) in [5, 5.41) is 3.93. The molecule has 4 heteroatoms. The minimum atomic E-state index is 0.593. The van der Waals surface area contributed by atoms with Gasteiger partial charge in [-0.15, -0.1) is 0 Å². The van der Waals surface area contributed by atoms with Crippen LogP contribution >= 0.6 is 0 Å². The van der Waals surface area contributed by atoms with Crippen molar-refractivity contribution in [3.63, 3.8) is 0 Å². The molecule has 2 rings (SSSR count). The third-order valence-electron chi connectivity index (χ3n) is 2.74. The van der Waals surface area contributed by atoms with Crippen LogP contribution in [0.3, 0.4) is 0 Å². The van der Waals surface area contributed by atoms with Crippen LogP contribution in [0.2, 0.25) is 0 Å². The van der Waals surface area contributed by atoms with E-state index in [4.69, 9.17) is 16.0 Å². The average Bonchev–Trinajstić information content (AvgIpc) is 2.54. The van der Waals surface area contributed by atoms with Crippen LogP contribution in [-0.2, 0) is 0 Å². The highest BCUT2D eigenvalue weighted by Crippen LogP contribution is 2.32. The highest BCUT2D eigenvalue weighted by Gasteiger charge is 2.13. The Hall–Kier alpha value is -1.97. The molecule has 0 aliphatic heterocycles. The second-order valence-electron chi connectivity index (χ2n) is 4.00. The first-order valence-corrected chi connectivity index (χ1v) is 5.09. The summed E-state index contributed by atoms with van der Waals surface area (Å²) in [6.45, 7) is 5.73. The van der Waals surface area contributed by atoms with Crippen molar-refractivity contribution in [3.05, 3.63) is 29.2 Å². The zero-order valence-electron chi connectivity index (χ0n) is 9.66. The molecule has 1 aromatic heterocycles. The van der Waals surface area contributed by atoms with E-state index in [0.29, 0.717) is 11.4 Å². The van der Waals surface area contributed by atoms with Crippen molar-refractivity contribution >= 4 is 11.4 Å². The van der Waals surface area contributed by atoms with E-state index in [1.165, 1.54) is 0 Å². The number of hydrogen-bond acceptors (Lipinski definition) is 4. The third kappa shape index (κ3) is 1.52. The van der Waals surface area contributed by atoms with Crippen LogP contribution in [0.4, 0.5) is 11.4 Å². The standard InChI is InChI=1S/C12H15N3O/c1-6-4-9(5-10(13)12(6)14)11-7(2)15-16-8(11)3/h4-5H,13-14H2,1-3H3. The molecule has 16 heavy (non-hydrogen) atoms. The smallest absolute Gasteiger partial charge is 0.141 e. The fourth-order valence-electron chi connectivity index (χ4n) is 1.87. The Morgan fingerprint density at radius 1 is 1.12 bits per heavy atom. The predicted molar refractivity (Wildman–Crippen MR) is 65.0 cm³/mol. The van der Waals surface area contributed by atoms with Crippen molar-refractivity contribution < 1.29 is 4.52 Å². The SMILES string of the molecule is Cc1cc(-c2c(C)noc2C)cc(N)c1N. The van der Waals surface area contributed by atoms with Gasteiger partial charge in [0.05, 0.1) is 17.1 Å². The predicted octanol–water partition coefficient (Wildman–Crippen LogP) is 2.43. The lowest BCUT2D eigenvalue weighted by Crippen LogP contribution is -1.98. The lowest BCUT2D eigenvalue weighted by Gasteiger charge is -2.08. The number of hydrogen-bond donors (Lipinski definition) is 2. The molecule has 1 aromatic carbocycles. The van der Waals surface area contributed by atoms with Gasteiger partial charge in [0.1, 0.15) is 5.76 Å². The lowest BCUT2D eigenvalue weighted by atomic mass is 10.00. The van der Waals surface area contributed by atoms with Crippen LogP contribution in [0, 0.1) is 20.8 Å². The van der Waals surface area contributed by atoms with E-state index in [0.717, 1.165) is 28.1 Å². The summed E-state index contributed by atoms with van der Waals surface area (Å²) in [4.78, 5) is 0. The number of benzene rings is 1. The maximum atomic E-state index is 5.85. The van der Waals surface area contributed by atoms with Crippen molar-refractivity contribution in [1.82, 2.24) is 5.16 Å². The van der Waals surface area contributed by atoms with Crippen LogP contribution in [-0.4, -0.2) is 5.16 Å². The third-order valence-corrected chi connectivity index (χ3v) is 2.74. The van der Waals surface area contributed by atoms with E-state index >= 15 is 0 Å². The summed E-state index contributed by atoms with van der Waals surface area (Å²) < 4.78 is 5.14. The van der Waals surface area contributed by atoms with Crippen molar-refractivity contribution in [1.29, 1.82) is 0 Å². The fourth-order valence-corrected chi connectivity index (χ4v) is 1.87. The van der Waals surface area contributed by atoms with Gasteiger partial charge < -0.3 is 16.0 Å². The van der Waals surface area contributed by atoms with Gasteiger partial charge in [-0.05, 0) is 44.0 Å². The first-order chi connectivity index (χ1) is 7.50. The van der Waals surface area contributed by atoms with Crippen molar-refractivity contribution in [3.8, 4) is 11.1 Å². The Morgan fingerprint density at radius 2 is 1.81 bits per heavy atom. The van der Waals surface area contributed by atoms with Gasteiger partial charge in [-0.1, -0.05) is 5.16 Å². The van der Waals surface area contributed by atoms with Gasteiger partial charge in [0.25, 0.3) is 0 Å². The molecule has 4 N–H and O–H groups in total. The summed E-state index contributed by atoms with van der Waals surface area (Å²) in [7, 11) is 0.